The Kier molecular flexibility index (Phi) is 4.19. The van der Waals surface area contributed by atoms with Gasteiger partial charge in [-0.2, -0.15) is 0 Å². The molecule has 0 saturated carbocycles. The second-order valence-electron chi connectivity index (χ2n) is 4.90. The van der Waals surface area contributed by atoms with Crippen molar-refractivity contribution in [3.05, 3.63) is 4.88 Å². The molecule has 0 radical (unpaired) electrons. The molecule has 112 valence electrons. The molecule has 0 aromatic carbocycles. The molecule has 1 fully saturated rings. The zero-order chi connectivity index (χ0) is 14.9. The van der Waals surface area contributed by atoms with Crippen LogP contribution in [0.25, 0.3) is 0 Å². The van der Waals surface area contributed by atoms with Crippen molar-refractivity contribution in [1.82, 2.24) is 9.88 Å². The number of hydrogen-bond donors (Lipinski definition) is 1. The van der Waals surface area contributed by atoms with Crippen LogP contribution in [0.2, 0.25) is 0 Å². The molecular formula is C11H18N4O3S2. The van der Waals surface area contributed by atoms with E-state index in [0.717, 1.165) is 0 Å². The predicted molar refractivity (Wildman–Crippen MR) is 80.0 cm³/mol. The van der Waals surface area contributed by atoms with E-state index in [1.807, 2.05) is 14.1 Å². The molecule has 2 N–H and O–H groups in total. The maximum Gasteiger partial charge on any atom is 0.267 e. The van der Waals surface area contributed by atoms with E-state index >= 15 is 0 Å². The highest BCUT2D eigenvalue weighted by Gasteiger charge is 2.26. The summed E-state index contributed by atoms with van der Waals surface area (Å²) in [6.07, 6.45) is 0.466. The third-order valence-electron chi connectivity index (χ3n) is 3.06. The van der Waals surface area contributed by atoms with E-state index in [-0.39, 0.29) is 29.8 Å². The average molecular weight is 318 g/mol. The first-order valence-corrected chi connectivity index (χ1v) is 8.87. The normalized spacial score (nSPS) is 18.6. The molecule has 20 heavy (non-hydrogen) atoms. The van der Waals surface area contributed by atoms with E-state index in [1.165, 1.54) is 11.3 Å². The number of rotatable bonds is 2. The van der Waals surface area contributed by atoms with Gasteiger partial charge in [0.15, 0.2) is 15.0 Å². The Bertz CT molecular complexity index is 609. The molecule has 2 heterocycles. The summed E-state index contributed by atoms with van der Waals surface area (Å²) in [6.45, 7) is 0.655. The van der Waals surface area contributed by atoms with Crippen LogP contribution in [-0.4, -0.2) is 62.9 Å². The van der Waals surface area contributed by atoms with E-state index in [0.29, 0.717) is 23.0 Å². The van der Waals surface area contributed by atoms with Gasteiger partial charge < -0.3 is 15.5 Å². The molecule has 0 spiro atoms. The number of anilines is 2. The van der Waals surface area contributed by atoms with Crippen LogP contribution in [-0.2, 0) is 9.84 Å². The van der Waals surface area contributed by atoms with Gasteiger partial charge in [-0.05, 0) is 6.42 Å². The summed E-state index contributed by atoms with van der Waals surface area (Å²) in [5, 5.41) is 0.660. The Morgan fingerprint density at radius 3 is 2.65 bits per heavy atom. The summed E-state index contributed by atoms with van der Waals surface area (Å²) in [5.41, 5.74) is 5.79. The standard InChI is InChI=1S/C11H18N4O3S2/c1-14(2)11-13-9(12)8(19-11)10(16)15-4-3-6-20(17,18)7-5-15/h3-7,12H2,1-2H3. The highest BCUT2D eigenvalue weighted by Crippen LogP contribution is 2.28. The number of nitrogens with two attached hydrogens (primary N) is 1. The van der Waals surface area contributed by atoms with E-state index in [2.05, 4.69) is 4.98 Å². The summed E-state index contributed by atoms with van der Waals surface area (Å²) in [7, 11) is 0.617. The van der Waals surface area contributed by atoms with Gasteiger partial charge in [-0.25, -0.2) is 13.4 Å². The van der Waals surface area contributed by atoms with Gasteiger partial charge in [0.2, 0.25) is 0 Å². The van der Waals surface area contributed by atoms with Crippen molar-refractivity contribution >= 4 is 38.0 Å². The highest BCUT2D eigenvalue weighted by molar-refractivity contribution is 7.91. The number of aromatic nitrogens is 1. The summed E-state index contributed by atoms with van der Waals surface area (Å²) < 4.78 is 23.1. The van der Waals surface area contributed by atoms with Crippen LogP contribution in [0.4, 0.5) is 10.9 Å². The maximum atomic E-state index is 12.4. The number of nitrogens with zero attached hydrogens (tertiary/aromatic N) is 3. The van der Waals surface area contributed by atoms with Gasteiger partial charge in [-0.15, -0.1) is 0 Å². The summed E-state index contributed by atoms with van der Waals surface area (Å²) in [6, 6.07) is 0. The molecule has 9 heteroatoms. The molecule has 1 aliphatic rings. The SMILES string of the molecule is CN(C)c1nc(N)c(C(=O)N2CCCS(=O)(=O)CC2)s1. The number of nitrogen functional groups attached to an aromatic ring is 1. The third kappa shape index (κ3) is 3.21. The fourth-order valence-electron chi connectivity index (χ4n) is 1.95. The Labute approximate surface area is 122 Å². The largest absolute Gasteiger partial charge is 0.382 e. The van der Waals surface area contributed by atoms with Crippen LogP contribution in [0.3, 0.4) is 0 Å². The molecule has 7 nitrogen and oxygen atoms in total. The quantitative estimate of drug-likeness (QED) is 0.828. The molecule has 1 saturated heterocycles. The number of sulfone groups is 1. The lowest BCUT2D eigenvalue weighted by Crippen LogP contribution is -2.33. The monoisotopic (exact) mass is 318 g/mol. The van der Waals surface area contributed by atoms with Crippen molar-refractivity contribution in [3.8, 4) is 0 Å². The van der Waals surface area contributed by atoms with Crippen molar-refractivity contribution in [2.24, 2.45) is 0 Å². The zero-order valence-electron chi connectivity index (χ0n) is 11.5. The average Bonchev–Trinajstić information content (AvgIpc) is 2.65. The first kappa shape index (κ1) is 15.0. The minimum absolute atomic E-state index is 0.0119. The maximum absolute atomic E-state index is 12.4. The van der Waals surface area contributed by atoms with E-state index < -0.39 is 9.84 Å². The fraction of sp³-hybridized carbons (Fsp3) is 0.636. The first-order chi connectivity index (χ1) is 9.30. The summed E-state index contributed by atoms with van der Waals surface area (Å²) >= 11 is 1.23. The molecular weight excluding hydrogens is 300 g/mol. The number of carbonyl (C=O) groups excluding carboxylic acids is 1. The van der Waals surface area contributed by atoms with Crippen LogP contribution in [0.15, 0.2) is 0 Å². The lowest BCUT2D eigenvalue weighted by Gasteiger charge is -2.18. The fourth-order valence-corrected chi connectivity index (χ4v) is 4.10. The van der Waals surface area contributed by atoms with Gasteiger partial charge in [0.05, 0.1) is 11.5 Å². The topological polar surface area (TPSA) is 96.6 Å². The molecule has 1 aromatic rings. The van der Waals surface area contributed by atoms with Crippen LogP contribution >= 0.6 is 11.3 Å². The Morgan fingerprint density at radius 2 is 2.05 bits per heavy atom. The van der Waals surface area contributed by atoms with Gasteiger partial charge in [0.25, 0.3) is 5.91 Å². The molecule has 1 aromatic heterocycles. The van der Waals surface area contributed by atoms with E-state index in [4.69, 9.17) is 5.73 Å². The smallest absolute Gasteiger partial charge is 0.267 e. The number of thiazole rings is 1. The summed E-state index contributed by atoms with van der Waals surface area (Å²) in [5.74, 6) is 0.122. The highest BCUT2D eigenvalue weighted by atomic mass is 32.2. The Morgan fingerprint density at radius 1 is 1.35 bits per heavy atom. The predicted octanol–water partition coefficient (Wildman–Crippen LogP) is 0.0520. The van der Waals surface area contributed by atoms with Crippen LogP contribution in [0.5, 0.6) is 0 Å². The van der Waals surface area contributed by atoms with Gasteiger partial charge in [-0.1, -0.05) is 11.3 Å². The van der Waals surface area contributed by atoms with Crippen molar-refractivity contribution in [2.45, 2.75) is 6.42 Å². The number of amides is 1. The molecule has 0 atom stereocenters. The van der Waals surface area contributed by atoms with Gasteiger partial charge in [0.1, 0.15) is 10.7 Å². The molecule has 2 rings (SSSR count). The van der Waals surface area contributed by atoms with Crippen molar-refractivity contribution < 1.29 is 13.2 Å². The van der Waals surface area contributed by atoms with Gasteiger partial charge in [0, 0.05) is 27.2 Å². The first-order valence-electron chi connectivity index (χ1n) is 6.23. The zero-order valence-corrected chi connectivity index (χ0v) is 13.1. The molecule has 0 aliphatic carbocycles. The minimum Gasteiger partial charge on any atom is -0.382 e. The lowest BCUT2D eigenvalue weighted by atomic mass is 10.3. The second kappa shape index (κ2) is 5.57. The number of hydrogen-bond acceptors (Lipinski definition) is 7. The third-order valence-corrected chi connectivity index (χ3v) is 6.00. The van der Waals surface area contributed by atoms with Crippen LogP contribution < -0.4 is 10.6 Å². The van der Waals surface area contributed by atoms with E-state index in [1.54, 1.807) is 9.80 Å². The Hall–Kier alpha value is -1.35. The lowest BCUT2D eigenvalue weighted by molar-refractivity contribution is 0.0774. The minimum atomic E-state index is -3.03. The molecule has 0 unspecified atom stereocenters. The second-order valence-corrected chi connectivity index (χ2v) is 8.18. The van der Waals surface area contributed by atoms with Crippen LogP contribution in [0.1, 0.15) is 16.1 Å². The van der Waals surface area contributed by atoms with Crippen molar-refractivity contribution in [1.29, 1.82) is 0 Å². The van der Waals surface area contributed by atoms with Crippen molar-refractivity contribution in [3.63, 3.8) is 0 Å². The van der Waals surface area contributed by atoms with E-state index in [9.17, 15) is 13.2 Å². The number of carbonyl (C=O) groups is 1. The molecule has 1 amide bonds. The van der Waals surface area contributed by atoms with Gasteiger partial charge in [-0.3, -0.25) is 4.79 Å². The van der Waals surface area contributed by atoms with Crippen molar-refractivity contribution in [2.75, 3.05) is 49.3 Å². The molecule has 0 bridgehead atoms. The summed E-state index contributed by atoms with van der Waals surface area (Å²) in [4.78, 5) is 20.3. The van der Waals surface area contributed by atoms with Gasteiger partial charge >= 0.3 is 0 Å². The van der Waals surface area contributed by atoms with Crippen LogP contribution in [0, 0.1) is 0 Å². The Balaban J connectivity index is 2.19. The molecule has 1 aliphatic heterocycles.